The lowest BCUT2D eigenvalue weighted by Crippen LogP contribution is -2.28. The third-order valence-corrected chi connectivity index (χ3v) is 4.54. The summed E-state index contributed by atoms with van der Waals surface area (Å²) in [6, 6.07) is 1.45. The van der Waals surface area contributed by atoms with Crippen LogP contribution >= 0.6 is 0 Å². The number of phenols is 1. The second kappa shape index (κ2) is 6.31. The van der Waals surface area contributed by atoms with E-state index in [2.05, 4.69) is 0 Å². The summed E-state index contributed by atoms with van der Waals surface area (Å²) < 4.78 is 11.5. The average Bonchev–Trinajstić information content (AvgIpc) is 2.53. The third-order valence-electron chi connectivity index (χ3n) is 4.54. The van der Waals surface area contributed by atoms with E-state index in [9.17, 15) is 14.7 Å². The minimum absolute atomic E-state index is 0.0526. The maximum atomic E-state index is 12.8. The van der Waals surface area contributed by atoms with Gasteiger partial charge in [-0.1, -0.05) is 27.2 Å². The number of fused-ring (bicyclic) bond motifs is 3. The fraction of sp³-hybridized carbons (Fsp3) is 0.429. The maximum absolute atomic E-state index is 12.8. The van der Waals surface area contributed by atoms with Crippen molar-refractivity contribution in [2.75, 3.05) is 0 Å². The lowest BCUT2D eigenvalue weighted by molar-refractivity contribution is 0.0937. The molecule has 0 unspecified atom stereocenters. The highest BCUT2D eigenvalue weighted by Crippen LogP contribution is 2.46. The molecule has 5 nitrogen and oxygen atoms in total. The predicted octanol–water partition coefficient (Wildman–Crippen LogP) is 4.47. The average molecular weight is 356 g/mol. The molecule has 2 aromatic rings. The number of hydrogen-bond donors (Lipinski definition) is 1. The standard InChI is InChI=1S/C21H24O5/c1-6-7-12-10-14(22)25-20-15(12)19-13(8-9-21(4,5)26-19)18(24)16(20)17(23)11(2)3/h8-11,24H,6-7H2,1-5H3. The van der Waals surface area contributed by atoms with Crippen LogP contribution in [0.5, 0.6) is 11.5 Å². The number of aryl methyl sites for hydroxylation is 1. The van der Waals surface area contributed by atoms with Crippen molar-refractivity contribution >= 4 is 22.8 Å². The van der Waals surface area contributed by atoms with Crippen molar-refractivity contribution in [3.05, 3.63) is 39.3 Å². The molecule has 26 heavy (non-hydrogen) atoms. The summed E-state index contributed by atoms with van der Waals surface area (Å²) in [5.74, 6) is -0.371. The molecule has 1 aromatic heterocycles. The van der Waals surface area contributed by atoms with Crippen LogP contribution in [0.15, 0.2) is 21.4 Å². The molecule has 0 saturated heterocycles. The van der Waals surface area contributed by atoms with Crippen LogP contribution in [0.2, 0.25) is 0 Å². The number of ether oxygens (including phenoxy) is 1. The zero-order valence-corrected chi connectivity index (χ0v) is 15.8. The van der Waals surface area contributed by atoms with E-state index in [4.69, 9.17) is 9.15 Å². The Morgan fingerprint density at radius 1 is 1.31 bits per heavy atom. The first-order valence-electron chi connectivity index (χ1n) is 8.94. The van der Waals surface area contributed by atoms with Crippen molar-refractivity contribution < 1.29 is 19.1 Å². The monoisotopic (exact) mass is 356 g/mol. The SMILES string of the molecule is CCCc1cc(=O)oc2c(C(=O)C(C)C)c(O)c3c(c12)OC(C)(C)C=C3. The predicted molar refractivity (Wildman–Crippen MR) is 101 cm³/mol. The van der Waals surface area contributed by atoms with Crippen LogP contribution < -0.4 is 10.4 Å². The number of carbonyl (C=O) groups excluding carboxylic acids is 1. The van der Waals surface area contributed by atoms with Gasteiger partial charge in [0.15, 0.2) is 11.4 Å². The van der Waals surface area contributed by atoms with Gasteiger partial charge in [-0.25, -0.2) is 4.79 Å². The molecule has 1 aliphatic heterocycles. The van der Waals surface area contributed by atoms with E-state index in [1.54, 1.807) is 19.9 Å². The van der Waals surface area contributed by atoms with E-state index in [-0.39, 0.29) is 28.6 Å². The quantitative estimate of drug-likeness (QED) is 0.646. The number of rotatable bonds is 4. The number of carbonyl (C=O) groups is 1. The van der Waals surface area contributed by atoms with Crippen LogP contribution in [0.4, 0.5) is 0 Å². The lowest BCUT2D eigenvalue weighted by Gasteiger charge is -2.30. The normalized spacial score (nSPS) is 15.2. The van der Waals surface area contributed by atoms with Gasteiger partial charge in [-0.05, 0) is 38.0 Å². The summed E-state index contributed by atoms with van der Waals surface area (Å²) >= 11 is 0. The molecule has 0 spiro atoms. The highest BCUT2D eigenvalue weighted by Gasteiger charge is 2.32. The Balaban J connectivity index is 2.52. The van der Waals surface area contributed by atoms with Gasteiger partial charge in [0.2, 0.25) is 0 Å². The second-order valence-electron chi connectivity index (χ2n) is 7.57. The number of phenolic OH excluding ortho intramolecular Hbond substituents is 1. The molecule has 5 heteroatoms. The first-order chi connectivity index (χ1) is 12.2. The second-order valence-corrected chi connectivity index (χ2v) is 7.57. The zero-order valence-electron chi connectivity index (χ0n) is 15.8. The number of benzene rings is 1. The topological polar surface area (TPSA) is 76.7 Å². The first kappa shape index (κ1) is 18.2. The Labute approximate surface area is 152 Å². The molecule has 1 aromatic carbocycles. The van der Waals surface area contributed by atoms with Gasteiger partial charge in [-0.15, -0.1) is 0 Å². The minimum atomic E-state index is -0.574. The molecule has 3 rings (SSSR count). The largest absolute Gasteiger partial charge is 0.506 e. The van der Waals surface area contributed by atoms with Gasteiger partial charge in [0, 0.05) is 12.0 Å². The van der Waals surface area contributed by atoms with Crippen molar-refractivity contribution in [1.82, 2.24) is 0 Å². The Kier molecular flexibility index (Phi) is 4.42. The van der Waals surface area contributed by atoms with Crippen molar-refractivity contribution in [2.24, 2.45) is 5.92 Å². The fourth-order valence-corrected chi connectivity index (χ4v) is 3.28. The van der Waals surface area contributed by atoms with Gasteiger partial charge in [-0.2, -0.15) is 0 Å². The molecule has 0 atom stereocenters. The Morgan fingerprint density at radius 3 is 2.62 bits per heavy atom. The van der Waals surface area contributed by atoms with E-state index >= 15 is 0 Å². The zero-order chi connectivity index (χ0) is 19.2. The van der Waals surface area contributed by atoms with E-state index < -0.39 is 11.2 Å². The number of ketones is 1. The lowest BCUT2D eigenvalue weighted by atomic mass is 9.90. The molecular formula is C21H24O5. The summed E-state index contributed by atoms with van der Waals surface area (Å²) in [6.45, 7) is 9.31. The molecule has 0 fully saturated rings. The van der Waals surface area contributed by atoms with E-state index in [1.807, 2.05) is 26.8 Å². The van der Waals surface area contributed by atoms with Crippen LogP contribution in [-0.4, -0.2) is 16.5 Å². The van der Waals surface area contributed by atoms with Gasteiger partial charge in [0.05, 0.1) is 10.9 Å². The van der Waals surface area contributed by atoms with Crippen LogP contribution in [0.3, 0.4) is 0 Å². The molecule has 138 valence electrons. The molecule has 0 bridgehead atoms. The molecule has 0 saturated carbocycles. The van der Waals surface area contributed by atoms with Gasteiger partial charge >= 0.3 is 5.63 Å². The Morgan fingerprint density at radius 2 is 2.00 bits per heavy atom. The number of hydrogen-bond acceptors (Lipinski definition) is 5. The van der Waals surface area contributed by atoms with Gasteiger partial charge < -0.3 is 14.3 Å². The van der Waals surface area contributed by atoms with Crippen molar-refractivity contribution in [3.63, 3.8) is 0 Å². The smallest absolute Gasteiger partial charge is 0.336 e. The molecular weight excluding hydrogens is 332 g/mol. The van der Waals surface area contributed by atoms with E-state index in [0.717, 1.165) is 12.0 Å². The molecule has 0 aliphatic carbocycles. The Bertz CT molecular complexity index is 976. The van der Waals surface area contributed by atoms with Crippen LogP contribution in [0, 0.1) is 5.92 Å². The van der Waals surface area contributed by atoms with Crippen molar-refractivity contribution in [3.8, 4) is 11.5 Å². The fourth-order valence-electron chi connectivity index (χ4n) is 3.28. The van der Waals surface area contributed by atoms with Gasteiger partial charge in [0.25, 0.3) is 0 Å². The number of aromatic hydroxyl groups is 1. The van der Waals surface area contributed by atoms with Crippen LogP contribution in [-0.2, 0) is 6.42 Å². The molecule has 1 aliphatic rings. The Hall–Kier alpha value is -2.56. The summed E-state index contributed by atoms with van der Waals surface area (Å²) in [6.07, 6.45) is 5.07. The first-order valence-corrected chi connectivity index (χ1v) is 8.94. The third kappa shape index (κ3) is 2.91. The summed E-state index contributed by atoms with van der Waals surface area (Å²) in [5.41, 5.74) is 0.267. The summed E-state index contributed by atoms with van der Waals surface area (Å²) in [4.78, 5) is 24.9. The molecule has 1 N–H and O–H groups in total. The van der Waals surface area contributed by atoms with Gasteiger partial charge in [0.1, 0.15) is 22.7 Å². The molecule has 2 heterocycles. The number of Topliss-reactive ketones (excluding diaryl/α,β-unsaturated/α-hetero) is 1. The van der Waals surface area contributed by atoms with Gasteiger partial charge in [-0.3, -0.25) is 4.79 Å². The van der Waals surface area contributed by atoms with Crippen molar-refractivity contribution in [1.29, 1.82) is 0 Å². The highest BCUT2D eigenvalue weighted by atomic mass is 16.5. The van der Waals surface area contributed by atoms with Crippen LogP contribution in [0.25, 0.3) is 17.0 Å². The highest BCUT2D eigenvalue weighted by molar-refractivity contribution is 6.13. The van der Waals surface area contributed by atoms with Crippen LogP contribution in [0.1, 0.15) is 62.5 Å². The summed E-state index contributed by atoms with van der Waals surface area (Å²) in [7, 11) is 0. The summed E-state index contributed by atoms with van der Waals surface area (Å²) in [5, 5.41) is 11.4. The minimum Gasteiger partial charge on any atom is -0.506 e. The maximum Gasteiger partial charge on any atom is 0.336 e. The molecule has 0 radical (unpaired) electrons. The molecule has 0 amide bonds. The van der Waals surface area contributed by atoms with Crippen molar-refractivity contribution in [2.45, 2.75) is 53.1 Å². The van der Waals surface area contributed by atoms with E-state index in [0.29, 0.717) is 23.1 Å². The van der Waals surface area contributed by atoms with E-state index in [1.165, 1.54) is 6.07 Å².